The van der Waals surface area contributed by atoms with Gasteiger partial charge in [-0.25, -0.2) is 15.0 Å². The molecule has 0 bridgehead atoms. The van der Waals surface area contributed by atoms with E-state index in [4.69, 9.17) is 19.4 Å². The van der Waals surface area contributed by atoms with E-state index >= 15 is 0 Å². The molecule has 9 rings (SSSR count). The first-order valence-corrected chi connectivity index (χ1v) is 15.0. The van der Waals surface area contributed by atoms with Gasteiger partial charge in [-0.15, -0.1) is 0 Å². The molecule has 4 heteroatoms. The van der Waals surface area contributed by atoms with Crippen LogP contribution in [0.25, 0.3) is 88.8 Å². The van der Waals surface area contributed by atoms with E-state index in [0.29, 0.717) is 17.5 Å². The SMILES string of the molecule is c1ccc(-c2nc(-c3ccc(-c4ccc5ccc6ccccc6c5c4)cc3)nc(-c3cccc4oc5ccccc5c34)n2)cc1. The van der Waals surface area contributed by atoms with Crippen LogP contribution >= 0.6 is 0 Å². The number of para-hydroxylation sites is 1. The van der Waals surface area contributed by atoms with Gasteiger partial charge in [0.15, 0.2) is 17.5 Å². The first-order chi connectivity index (χ1) is 22.3. The summed E-state index contributed by atoms with van der Waals surface area (Å²) in [4.78, 5) is 15.0. The number of hydrogen-bond donors (Lipinski definition) is 0. The zero-order chi connectivity index (χ0) is 29.7. The molecule has 0 aliphatic carbocycles. The van der Waals surface area contributed by atoms with Gasteiger partial charge >= 0.3 is 0 Å². The van der Waals surface area contributed by atoms with Crippen molar-refractivity contribution < 1.29 is 4.42 Å². The van der Waals surface area contributed by atoms with Crippen molar-refractivity contribution >= 4 is 43.5 Å². The highest BCUT2D eigenvalue weighted by Crippen LogP contribution is 2.37. The van der Waals surface area contributed by atoms with Crippen LogP contribution in [-0.2, 0) is 0 Å². The summed E-state index contributed by atoms with van der Waals surface area (Å²) >= 11 is 0. The standard InChI is InChI=1S/C41H25N3O/c1-2-10-29(11-3-1)39-42-40(44-41(43-39)34-14-8-16-37-38(34)33-13-6-7-15-36(33)45-37)30-22-17-26(18-23-30)31-24-21-28-20-19-27-9-4-5-12-32(27)35(28)25-31/h1-25H. The summed E-state index contributed by atoms with van der Waals surface area (Å²) in [6.45, 7) is 0. The van der Waals surface area contributed by atoms with Gasteiger partial charge in [-0.05, 0) is 50.9 Å². The van der Waals surface area contributed by atoms with Crippen molar-refractivity contribution in [2.45, 2.75) is 0 Å². The Balaban J connectivity index is 1.18. The molecule has 0 atom stereocenters. The molecule has 0 unspecified atom stereocenters. The molecule has 0 aliphatic heterocycles. The molecule has 0 fully saturated rings. The summed E-state index contributed by atoms with van der Waals surface area (Å²) in [6, 6.07) is 52.3. The highest BCUT2D eigenvalue weighted by molar-refractivity contribution is 6.12. The second-order valence-electron chi connectivity index (χ2n) is 11.2. The highest BCUT2D eigenvalue weighted by Gasteiger charge is 2.17. The minimum atomic E-state index is 0.612. The predicted octanol–water partition coefficient (Wildman–Crippen LogP) is 10.7. The van der Waals surface area contributed by atoms with Crippen LogP contribution < -0.4 is 0 Å². The maximum atomic E-state index is 6.18. The zero-order valence-corrected chi connectivity index (χ0v) is 24.2. The lowest BCUT2D eigenvalue weighted by molar-refractivity contribution is 0.669. The molecular formula is C41H25N3O. The molecule has 0 radical (unpaired) electrons. The lowest BCUT2D eigenvalue weighted by atomic mass is 9.97. The Morgan fingerprint density at radius 2 is 0.933 bits per heavy atom. The fourth-order valence-corrected chi connectivity index (χ4v) is 6.30. The average molecular weight is 576 g/mol. The van der Waals surface area contributed by atoms with E-state index in [1.54, 1.807) is 0 Å². The Kier molecular flexibility index (Phi) is 5.78. The van der Waals surface area contributed by atoms with Gasteiger partial charge < -0.3 is 4.42 Å². The lowest BCUT2D eigenvalue weighted by Gasteiger charge is -2.10. The molecular weight excluding hydrogens is 550 g/mol. The summed E-state index contributed by atoms with van der Waals surface area (Å²) in [5.74, 6) is 1.87. The lowest BCUT2D eigenvalue weighted by Crippen LogP contribution is -2.00. The van der Waals surface area contributed by atoms with Gasteiger partial charge in [0.05, 0.1) is 0 Å². The molecule has 0 saturated carbocycles. The normalized spacial score (nSPS) is 11.6. The number of benzene rings is 7. The molecule has 0 spiro atoms. The van der Waals surface area contributed by atoms with Crippen LogP contribution in [0.5, 0.6) is 0 Å². The van der Waals surface area contributed by atoms with E-state index < -0.39 is 0 Å². The van der Waals surface area contributed by atoms with E-state index in [1.807, 2.05) is 60.7 Å². The second-order valence-corrected chi connectivity index (χ2v) is 11.2. The Labute approximate surface area is 259 Å². The molecule has 0 aliphatic rings. The van der Waals surface area contributed by atoms with Gasteiger partial charge in [0, 0.05) is 27.5 Å². The van der Waals surface area contributed by atoms with Crippen LogP contribution in [0.15, 0.2) is 156 Å². The first kappa shape index (κ1) is 25.4. The fraction of sp³-hybridized carbons (Fsp3) is 0. The van der Waals surface area contributed by atoms with Crippen LogP contribution in [-0.4, -0.2) is 15.0 Å². The maximum absolute atomic E-state index is 6.18. The third kappa shape index (κ3) is 4.35. The number of furan rings is 1. The molecule has 2 aromatic heterocycles. The van der Waals surface area contributed by atoms with E-state index in [0.717, 1.165) is 44.2 Å². The van der Waals surface area contributed by atoms with Crippen LogP contribution in [0.4, 0.5) is 0 Å². The van der Waals surface area contributed by atoms with Crippen molar-refractivity contribution in [3.8, 4) is 45.3 Å². The van der Waals surface area contributed by atoms with Crippen LogP contribution in [0, 0.1) is 0 Å². The van der Waals surface area contributed by atoms with E-state index in [2.05, 4.69) is 91.0 Å². The maximum Gasteiger partial charge on any atom is 0.164 e. The van der Waals surface area contributed by atoms with E-state index in [-0.39, 0.29) is 0 Å². The summed E-state index contributed by atoms with van der Waals surface area (Å²) in [5, 5.41) is 7.05. The second kappa shape index (κ2) is 10.2. The molecule has 0 saturated heterocycles. The van der Waals surface area contributed by atoms with Gasteiger partial charge in [0.2, 0.25) is 0 Å². The summed E-state index contributed by atoms with van der Waals surface area (Å²) in [6.07, 6.45) is 0. The van der Waals surface area contributed by atoms with Crippen molar-refractivity contribution in [3.63, 3.8) is 0 Å². The van der Waals surface area contributed by atoms with Crippen LogP contribution in [0.2, 0.25) is 0 Å². The van der Waals surface area contributed by atoms with Crippen LogP contribution in [0.1, 0.15) is 0 Å². The third-order valence-corrected chi connectivity index (χ3v) is 8.53. The largest absolute Gasteiger partial charge is 0.456 e. The third-order valence-electron chi connectivity index (χ3n) is 8.53. The van der Waals surface area contributed by atoms with Gasteiger partial charge in [-0.1, -0.05) is 133 Å². The molecule has 9 aromatic rings. The van der Waals surface area contributed by atoms with Crippen molar-refractivity contribution in [3.05, 3.63) is 152 Å². The monoisotopic (exact) mass is 575 g/mol. The van der Waals surface area contributed by atoms with Crippen molar-refractivity contribution in [1.82, 2.24) is 15.0 Å². The molecule has 2 heterocycles. The van der Waals surface area contributed by atoms with Gasteiger partial charge in [0.1, 0.15) is 11.2 Å². The number of fused-ring (bicyclic) bond motifs is 6. The summed E-state index contributed by atoms with van der Waals surface area (Å²) in [5.41, 5.74) is 6.74. The molecule has 210 valence electrons. The Morgan fingerprint density at radius 3 is 1.76 bits per heavy atom. The number of nitrogens with zero attached hydrogens (tertiary/aromatic N) is 3. The molecule has 0 N–H and O–H groups in total. The van der Waals surface area contributed by atoms with Gasteiger partial charge in [-0.3, -0.25) is 0 Å². The summed E-state index contributed by atoms with van der Waals surface area (Å²) in [7, 11) is 0. The van der Waals surface area contributed by atoms with E-state index in [9.17, 15) is 0 Å². The highest BCUT2D eigenvalue weighted by atomic mass is 16.3. The minimum absolute atomic E-state index is 0.612. The minimum Gasteiger partial charge on any atom is -0.456 e. The van der Waals surface area contributed by atoms with E-state index in [1.165, 1.54) is 27.1 Å². The number of aromatic nitrogens is 3. The van der Waals surface area contributed by atoms with Crippen molar-refractivity contribution in [2.24, 2.45) is 0 Å². The quantitative estimate of drug-likeness (QED) is 0.196. The first-order valence-electron chi connectivity index (χ1n) is 15.0. The zero-order valence-electron chi connectivity index (χ0n) is 24.2. The summed E-state index contributed by atoms with van der Waals surface area (Å²) < 4.78 is 6.18. The number of hydrogen-bond acceptors (Lipinski definition) is 4. The Bertz CT molecular complexity index is 2530. The van der Waals surface area contributed by atoms with Gasteiger partial charge in [-0.2, -0.15) is 0 Å². The predicted molar refractivity (Wildman–Crippen MR) is 184 cm³/mol. The van der Waals surface area contributed by atoms with Gasteiger partial charge in [0.25, 0.3) is 0 Å². The Morgan fingerprint density at radius 1 is 0.356 bits per heavy atom. The molecule has 45 heavy (non-hydrogen) atoms. The van der Waals surface area contributed by atoms with Crippen LogP contribution in [0.3, 0.4) is 0 Å². The smallest absolute Gasteiger partial charge is 0.164 e. The Hall–Kier alpha value is -6.13. The number of rotatable bonds is 4. The average Bonchev–Trinajstić information content (AvgIpc) is 3.51. The van der Waals surface area contributed by atoms with Crippen molar-refractivity contribution in [2.75, 3.05) is 0 Å². The molecule has 4 nitrogen and oxygen atoms in total. The topological polar surface area (TPSA) is 51.8 Å². The molecule has 0 amide bonds. The molecule has 7 aromatic carbocycles. The fourth-order valence-electron chi connectivity index (χ4n) is 6.30. The van der Waals surface area contributed by atoms with Crippen molar-refractivity contribution in [1.29, 1.82) is 0 Å².